The normalized spacial score (nSPS) is 7.08. The number of aryl methyl sites for hydroxylation is 2. The van der Waals surface area contributed by atoms with Crippen molar-refractivity contribution in [3.8, 4) is 0 Å². The zero-order valence-electron chi connectivity index (χ0n) is 8.21. The largest absolute Gasteiger partial charge is 4.00 e. The van der Waals surface area contributed by atoms with Gasteiger partial charge < -0.3 is 37.2 Å². The summed E-state index contributed by atoms with van der Waals surface area (Å²) < 4.78 is 0. The van der Waals surface area contributed by atoms with Gasteiger partial charge in [0, 0.05) is 0 Å². The van der Waals surface area contributed by atoms with Crippen molar-refractivity contribution in [2.24, 2.45) is 0 Å². The van der Waals surface area contributed by atoms with Crippen LogP contribution in [0.4, 0.5) is 0 Å². The van der Waals surface area contributed by atoms with Crippen molar-refractivity contribution in [2.75, 3.05) is 0 Å². The van der Waals surface area contributed by atoms with Gasteiger partial charge >= 0.3 is 25.8 Å². The van der Waals surface area contributed by atoms with Crippen molar-refractivity contribution in [3.63, 3.8) is 0 Å². The number of rotatable bonds is 0. The average Bonchev–Trinajstić information content (AvgIpc) is 1.98. The molecule has 0 atom stereocenters. The van der Waals surface area contributed by atoms with Crippen molar-refractivity contribution in [1.29, 1.82) is 0 Å². The van der Waals surface area contributed by atoms with Gasteiger partial charge in [-0.15, -0.1) is 0 Å². The molecular formula is C9H13Cl3Hf. The van der Waals surface area contributed by atoms with Crippen molar-refractivity contribution in [3.05, 3.63) is 28.3 Å². The summed E-state index contributed by atoms with van der Waals surface area (Å²) >= 11 is 0. The molecule has 0 radical (unpaired) electrons. The zero-order chi connectivity index (χ0) is 7.02. The molecule has 0 heterocycles. The Morgan fingerprint density at radius 2 is 0.923 bits per heavy atom. The van der Waals surface area contributed by atoms with E-state index in [1.165, 1.54) is 22.3 Å². The zero-order valence-corrected chi connectivity index (χ0v) is 14.1. The van der Waals surface area contributed by atoms with E-state index in [-0.39, 0.29) is 63.1 Å². The van der Waals surface area contributed by atoms with E-state index in [2.05, 4.69) is 33.8 Å². The summed E-state index contributed by atoms with van der Waals surface area (Å²) in [6, 6.07) is 2.24. The van der Waals surface area contributed by atoms with Gasteiger partial charge in [0.2, 0.25) is 0 Å². The van der Waals surface area contributed by atoms with Crippen molar-refractivity contribution >= 4 is 0 Å². The molecular weight excluding hydrogens is 393 g/mol. The Kier molecular flexibility index (Phi) is 17.6. The van der Waals surface area contributed by atoms with Gasteiger partial charge in [0.05, 0.1) is 0 Å². The summed E-state index contributed by atoms with van der Waals surface area (Å²) in [5, 5.41) is 0. The third-order valence-corrected chi connectivity index (χ3v) is 2.18. The van der Waals surface area contributed by atoms with Crippen LogP contribution >= 0.6 is 0 Å². The van der Waals surface area contributed by atoms with Crippen LogP contribution in [-0.4, -0.2) is 0 Å². The van der Waals surface area contributed by atoms with Gasteiger partial charge in [0.1, 0.15) is 0 Å². The molecule has 1 rings (SSSR count). The van der Waals surface area contributed by atoms with Crippen LogP contribution in [-0.2, 0) is 25.8 Å². The van der Waals surface area contributed by atoms with Crippen LogP contribution in [0, 0.1) is 27.7 Å². The predicted molar refractivity (Wildman–Crippen MR) is 41.0 cm³/mol. The molecule has 0 amide bonds. The molecule has 0 fully saturated rings. The van der Waals surface area contributed by atoms with E-state index in [1.54, 1.807) is 0 Å². The first-order chi connectivity index (χ1) is 4.13. The molecule has 0 aromatic heterocycles. The van der Waals surface area contributed by atoms with Gasteiger partial charge in [-0.05, 0) is 0 Å². The van der Waals surface area contributed by atoms with E-state index >= 15 is 0 Å². The fourth-order valence-corrected chi connectivity index (χ4v) is 1.13. The van der Waals surface area contributed by atoms with E-state index in [0.717, 1.165) is 0 Å². The Hall–Kier alpha value is 1.09. The second kappa shape index (κ2) is 9.64. The second-order valence-electron chi connectivity index (χ2n) is 2.76. The smallest absolute Gasteiger partial charge is 1.00 e. The van der Waals surface area contributed by atoms with Crippen LogP contribution in [0.5, 0.6) is 0 Å². The van der Waals surface area contributed by atoms with Gasteiger partial charge in [0.25, 0.3) is 0 Å². The van der Waals surface area contributed by atoms with Crippen molar-refractivity contribution in [2.45, 2.75) is 27.7 Å². The fourth-order valence-electron chi connectivity index (χ4n) is 1.13. The van der Waals surface area contributed by atoms with Crippen LogP contribution in [0.2, 0.25) is 0 Å². The third-order valence-electron chi connectivity index (χ3n) is 2.18. The monoisotopic (exact) mass is 406 g/mol. The van der Waals surface area contributed by atoms with Crippen LogP contribution in [0.15, 0.2) is 6.07 Å². The van der Waals surface area contributed by atoms with E-state index < -0.39 is 0 Å². The first-order valence-corrected chi connectivity index (χ1v) is 3.33. The molecule has 4 heteroatoms. The number of hydrogen-bond donors (Lipinski definition) is 0. The molecule has 0 unspecified atom stereocenters. The maximum atomic E-state index is 2.24. The summed E-state index contributed by atoms with van der Waals surface area (Å²) in [4.78, 5) is 0. The topological polar surface area (TPSA) is 0 Å². The third kappa shape index (κ3) is 5.51. The summed E-state index contributed by atoms with van der Waals surface area (Å²) in [5.41, 5.74) is 5.75. The van der Waals surface area contributed by atoms with E-state index in [9.17, 15) is 0 Å². The summed E-state index contributed by atoms with van der Waals surface area (Å²) in [6.45, 7) is 8.68. The van der Waals surface area contributed by atoms with Gasteiger partial charge in [-0.3, -0.25) is 0 Å². The molecule has 0 saturated heterocycles. The minimum absolute atomic E-state index is 0. The van der Waals surface area contributed by atoms with Gasteiger partial charge in [-0.2, -0.15) is 28.3 Å². The van der Waals surface area contributed by atoms with Crippen LogP contribution in [0.3, 0.4) is 0 Å². The SMILES string of the molecule is Cc1[cH-]c(C)c(C)c1C.[Cl-].[Cl-].[Cl-].[Hf+4]. The van der Waals surface area contributed by atoms with Gasteiger partial charge in [0.15, 0.2) is 0 Å². The Bertz CT molecular complexity index is 209. The van der Waals surface area contributed by atoms with E-state index in [1.807, 2.05) is 0 Å². The van der Waals surface area contributed by atoms with Gasteiger partial charge in [-0.1, -0.05) is 27.7 Å². The molecule has 0 N–H and O–H groups in total. The van der Waals surface area contributed by atoms with Gasteiger partial charge in [-0.25, -0.2) is 0 Å². The van der Waals surface area contributed by atoms with Crippen LogP contribution in [0.1, 0.15) is 22.3 Å². The molecule has 0 aliphatic rings. The first kappa shape index (κ1) is 23.7. The maximum Gasteiger partial charge on any atom is 4.00 e. The molecule has 0 aliphatic carbocycles. The van der Waals surface area contributed by atoms with Crippen molar-refractivity contribution < 1.29 is 63.1 Å². The first-order valence-electron chi connectivity index (χ1n) is 3.33. The molecule has 0 nitrogen and oxygen atoms in total. The molecule has 1 aromatic rings. The molecule has 0 spiro atoms. The standard InChI is InChI=1S/C9H13.3ClH.Hf/c1-6-5-7(2)9(4)8(6)3;;;;/h5H,1-4H3;3*1H;/q-1;;;;+4/p-3. The van der Waals surface area contributed by atoms with Crippen LogP contribution < -0.4 is 37.2 Å². The Labute approximate surface area is 118 Å². The summed E-state index contributed by atoms with van der Waals surface area (Å²) in [6.07, 6.45) is 0. The predicted octanol–water partition coefficient (Wildman–Crippen LogP) is -6.35. The van der Waals surface area contributed by atoms with E-state index in [0.29, 0.717) is 0 Å². The van der Waals surface area contributed by atoms with Crippen molar-refractivity contribution in [1.82, 2.24) is 0 Å². The molecule has 0 aliphatic heterocycles. The molecule has 0 saturated carbocycles. The second-order valence-corrected chi connectivity index (χ2v) is 2.76. The van der Waals surface area contributed by atoms with E-state index in [4.69, 9.17) is 0 Å². The molecule has 0 bridgehead atoms. The number of halogens is 3. The fraction of sp³-hybridized carbons (Fsp3) is 0.444. The Morgan fingerprint density at radius 1 is 0.692 bits per heavy atom. The maximum absolute atomic E-state index is 2.24. The summed E-state index contributed by atoms with van der Waals surface area (Å²) in [7, 11) is 0. The Balaban J connectivity index is -0.000000101. The molecule has 1 aromatic carbocycles. The molecule has 13 heavy (non-hydrogen) atoms. The Morgan fingerprint density at radius 3 is 1.00 bits per heavy atom. The average molecular weight is 406 g/mol. The van der Waals surface area contributed by atoms with Crippen LogP contribution in [0.25, 0.3) is 0 Å². The minimum Gasteiger partial charge on any atom is -1.00 e. The molecule has 74 valence electrons. The minimum atomic E-state index is 0. The number of hydrogen-bond acceptors (Lipinski definition) is 0. The summed E-state index contributed by atoms with van der Waals surface area (Å²) in [5.74, 6) is 0. The quantitative estimate of drug-likeness (QED) is 0.297.